The fourth-order valence-electron chi connectivity index (χ4n) is 2.66. The minimum Gasteiger partial charge on any atom is -0.417 e. The lowest BCUT2D eigenvalue weighted by Gasteiger charge is -2.37. The average molecular weight is 322 g/mol. The molecule has 0 radical (unpaired) electrons. The van der Waals surface area contributed by atoms with E-state index in [1.165, 1.54) is 25.7 Å². The van der Waals surface area contributed by atoms with Crippen LogP contribution in [0.1, 0.15) is 66.2 Å². The van der Waals surface area contributed by atoms with Crippen molar-refractivity contribution in [3.63, 3.8) is 0 Å². The van der Waals surface area contributed by atoms with Crippen molar-refractivity contribution in [1.82, 2.24) is 0 Å². The van der Waals surface area contributed by atoms with Gasteiger partial charge in [-0.15, -0.1) is 0 Å². The zero-order valence-electron chi connectivity index (χ0n) is 15.5. The maximum absolute atomic E-state index is 9.47. The van der Waals surface area contributed by atoms with Crippen LogP contribution in [0, 0.1) is 23.2 Å². The van der Waals surface area contributed by atoms with Gasteiger partial charge >= 0.3 is 0 Å². The van der Waals surface area contributed by atoms with Crippen LogP contribution in [0.25, 0.3) is 0 Å². The summed E-state index contributed by atoms with van der Waals surface area (Å²) in [6, 6.07) is 2.52. The van der Waals surface area contributed by atoms with Gasteiger partial charge in [-0.25, -0.2) is 0 Å². The minimum absolute atomic E-state index is 0.131. The summed E-state index contributed by atoms with van der Waals surface area (Å²) in [6.07, 6.45) is 9.60. The molecule has 1 aliphatic carbocycles. The molecule has 0 aliphatic heterocycles. The molecule has 0 fully saturated rings. The van der Waals surface area contributed by atoms with E-state index in [2.05, 4.69) is 52.9 Å². The van der Waals surface area contributed by atoms with E-state index in [1.54, 1.807) is 5.57 Å². The molecule has 0 N–H and O–H groups in total. The van der Waals surface area contributed by atoms with Gasteiger partial charge in [-0.1, -0.05) is 39.3 Å². The molecule has 0 aromatic rings. The van der Waals surface area contributed by atoms with Crippen molar-refractivity contribution in [3.05, 3.63) is 11.6 Å². The van der Waals surface area contributed by atoms with Gasteiger partial charge in [-0.05, 0) is 62.6 Å². The molecule has 126 valence electrons. The van der Waals surface area contributed by atoms with E-state index in [-0.39, 0.29) is 11.0 Å². The van der Waals surface area contributed by atoms with Crippen molar-refractivity contribution >= 4 is 8.32 Å². The third-order valence-corrected chi connectivity index (χ3v) is 10.0. The highest BCUT2D eigenvalue weighted by Gasteiger charge is 2.37. The second kappa shape index (κ2) is 8.31. The van der Waals surface area contributed by atoms with Gasteiger partial charge in [0.15, 0.2) is 8.32 Å². The van der Waals surface area contributed by atoms with Crippen molar-refractivity contribution in [2.75, 3.05) is 6.61 Å². The highest BCUT2D eigenvalue weighted by Crippen LogP contribution is 2.37. The van der Waals surface area contributed by atoms with Gasteiger partial charge in [0.25, 0.3) is 0 Å². The molecular weight excluding hydrogens is 286 g/mol. The molecular formula is C19H35NOSi. The van der Waals surface area contributed by atoms with E-state index in [1.807, 2.05) is 0 Å². The maximum atomic E-state index is 9.47. The lowest BCUT2D eigenvalue weighted by Crippen LogP contribution is -2.42. The Bertz CT molecular complexity index is 414. The average Bonchev–Trinajstić information content (AvgIpc) is 2.93. The van der Waals surface area contributed by atoms with Crippen molar-refractivity contribution in [2.24, 2.45) is 11.8 Å². The predicted octanol–water partition coefficient (Wildman–Crippen LogP) is 6.06. The first-order chi connectivity index (χ1) is 10.2. The maximum Gasteiger partial charge on any atom is 0.191 e. The first-order valence-electron chi connectivity index (χ1n) is 8.89. The number of hydrogen-bond acceptors (Lipinski definition) is 2. The third kappa shape index (κ3) is 5.89. The van der Waals surface area contributed by atoms with Crippen LogP contribution in [0.4, 0.5) is 0 Å². The summed E-state index contributed by atoms with van der Waals surface area (Å²) in [4.78, 5) is 0. The van der Waals surface area contributed by atoms with Gasteiger partial charge in [-0.3, -0.25) is 0 Å². The van der Waals surface area contributed by atoms with Crippen LogP contribution in [-0.4, -0.2) is 14.9 Å². The quantitative estimate of drug-likeness (QED) is 0.402. The molecule has 22 heavy (non-hydrogen) atoms. The summed E-state index contributed by atoms with van der Waals surface area (Å²) < 4.78 is 6.29. The van der Waals surface area contributed by atoms with Crippen molar-refractivity contribution in [3.8, 4) is 6.07 Å². The van der Waals surface area contributed by atoms with Gasteiger partial charge in [-0.2, -0.15) is 5.26 Å². The molecule has 1 rings (SSSR count). The molecule has 1 unspecified atom stereocenters. The van der Waals surface area contributed by atoms with Gasteiger partial charge in [0.05, 0.1) is 12.0 Å². The van der Waals surface area contributed by atoms with Gasteiger partial charge in [0, 0.05) is 6.61 Å². The molecule has 0 spiro atoms. The summed E-state index contributed by atoms with van der Waals surface area (Å²) in [7, 11) is -1.70. The van der Waals surface area contributed by atoms with Crippen LogP contribution in [-0.2, 0) is 4.43 Å². The highest BCUT2D eigenvalue weighted by molar-refractivity contribution is 6.74. The van der Waals surface area contributed by atoms with Gasteiger partial charge < -0.3 is 4.43 Å². The molecule has 1 aliphatic rings. The van der Waals surface area contributed by atoms with E-state index in [4.69, 9.17) is 4.43 Å². The van der Waals surface area contributed by atoms with E-state index in [0.717, 1.165) is 19.4 Å². The zero-order chi connectivity index (χ0) is 16.8. The van der Waals surface area contributed by atoms with Crippen LogP contribution < -0.4 is 0 Å². The zero-order valence-corrected chi connectivity index (χ0v) is 16.5. The van der Waals surface area contributed by atoms with Crippen LogP contribution in [0.5, 0.6) is 0 Å². The number of allylic oxidation sites excluding steroid dienone is 2. The Morgan fingerprint density at radius 1 is 1.36 bits per heavy atom. The second-order valence-electron chi connectivity index (χ2n) is 8.43. The van der Waals surface area contributed by atoms with Crippen LogP contribution >= 0.6 is 0 Å². The Balaban J connectivity index is 2.37. The number of rotatable bonds is 8. The predicted molar refractivity (Wildman–Crippen MR) is 97.2 cm³/mol. The molecule has 0 aromatic heterocycles. The monoisotopic (exact) mass is 321 g/mol. The van der Waals surface area contributed by atoms with Crippen molar-refractivity contribution in [1.29, 1.82) is 5.26 Å². The lowest BCUT2D eigenvalue weighted by molar-refractivity contribution is 0.206. The molecule has 0 aromatic carbocycles. The number of nitriles is 1. The summed E-state index contributed by atoms with van der Waals surface area (Å²) in [5, 5.41) is 9.71. The lowest BCUT2D eigenvalue weighted by atomic mass is 9.90. The molecule has 2 atom stereocenters. The summed E-state index contributed by atoms with van der Waals surface area (Å²) in [5.74, 6) is 0.462. The van der Waals surface area contributed by atoms with Crippen molar-refractivity contribution in [2.45, 2.75) is 84.4 Å². The van der Waals surface area contributed by atoms with Gasteiger partial charge in [0.1, 0.15) is 0 Å². The standard InChI is InChI=1S/C19H35NOSi/c1-16(15-21-22(5,6)19(2,3)4)18(14-20)13-9-12-17-10-7-8-11-17/h10,16,18H,7-9,11-13,15H2,1-6H3/t16-,18?/m1/s1. The molecule has 0 saturated carbocycles. The van der Waals surface area contributed by atoms with E-state index < -0.39 is 8.32 Å². The van der Waals surface area contributed by atoms with Crippen molar-refractivity contribution < 1.29 is 4.43 Å². The smallest absolute Gasteiger partial charge is 0.191 e. The molecule has 0 bridgehead atoms. The van der Waals surface area contributed by atoms with Gasteiger partial charge in [0.2, 0.25) is 0 Å². The minimum atomic E-state index is -1.70. The fraction of sp³-hybridized carbons (Fsp3) is 0.842. The molecule has 2 nitrogen and oxygen atoms in total. The Kier molecular flexibility index (Phi) is 7.35. The fourth-order valence-corrected chi connectivity index (χ4v) is 3.77. The SMILES string of the molecule is C[C@H](CO[Si](C)(C)C(C)(C)C)C(C#N)CCCC1=CCCC1. The summed E-state index contributed by atoms with van der Waals surface area (Å²) in [5.41, 5.74) is 1.61. The topological polar surface area (TPSA) is 33.0 Å². The third-order valence-electron chi connectivity index (χ3n) is 5.51. The van der Waals surface area contributed by atoms with E-state index >= 15 is 0 Å². The molecule has 0 heterocycles. The Morgan fingerprint density at radius 2 is 2.05 bits per heavy atom. The summed E-state index contributed by atoms with van der Waals surface area (Å²) >= 11 is 0. The van der Waals surface area contributed by atoms with E-state index in [9.17, 15) is 5.26 Å². The van der Waals surface area contributed by atoms with Crippen LogP contribution in [0.3, 0.4) is 0 Å². The number of hydrogen-bond donors (Lipinski definition) is 0. The molecule has 0 saturated heterocycles. The molecule has 0 amide bonds. The normalized spacial score (nSPS) is 18.7. The van der Waals surface area contributed by atoms with Crippen LogP contribution in [0.2, 0.25) is 18.1 Å². The molecule has 3 heteroatoms. The van der Waals surface area contributed by atoms with E-state index in [0.29, 0.717) is 5.92 Å². The second-order valence-corrected chi connectivity index (χ2v) is 13.2. The Labute approximate surface area is 139 Å². The first-order valence-corrected chi connectivity index (χ1v) is 11.8. The Hall–Kier alpha value is -0.593. The number of nitrogens with zero attached hydrogens (tertiary/aromatic N) is 1. The van der Waals surface area contributed by atoms with Crippen LogP contribution in [0.15, 0.2) is 11.6 Å². The highest BCUT2D eigenvalue weighted by atomic mass is 28.4. The first kappa shape index (κ1) is 19.5. The summed E-state index contributed by atoms with van der Waals surface area (Å²) in [6.45, 7) is 14.3. The largest absolute Gasteiger partial charge is 0.417 e. The Morgan fingerprint density at radius 3 is 2.55 bits per heavy atom.